The minimum atomic E-state index is -0.0469. The third kappa shape index (κ3) is 4.58. The second-order valence-corrected chi connectivity index (χ2v) is 6.25. The monoisotopic (exact) mass is 297 g/mol. The summed E-state index contributed by atoms with van der Waals surface area (Å²) in [6, 6.07) is 13.8. The van der Waals surface area contributed by atoms with Gasteiger partial charge >= 0.3 is 0 Å². The molecule has 1 amide bonds. The van der Waals surface area contributed by atoms with Gasteiger partial charge in [0, 0.05) is 11.9 Å². The van der Waals surface area contributed by atoms with Gasteiger partial charge in [0.15, 0.2) is 0 Å². The first kappa shape index (κ1) is 16.0. The standard InChI is InChI=1S/C18H23N3O/c1-18(2,3)15-9-4-5-10-16(15)20-13-17(22)21-12-14-8-6-7-11-19-14/h4-11,20H,12-13H2,1-3H3,(H,21,22). The third-order valence-corrected chi connectivity index (χ3v) is 3.37. The van der Waals surface area contributed by atoms with Crippen LogP contribution in [-0.4, -0.2) is 17.4 Å². The van der Waals surface area contributed by atoms with Gasteiger partial charge in [-0.15, -0.1) is 0 Å². The van der Waals surface area contributed by atoms with Gasteiger partial charge in [-0.3, -0.25) is 9.78 Å². The number of pyridine rings is 1. The fraction of sp³-hybridized carbons (Fsp3) is 0.333. The summed E-state index contributed by atoms with van der Waals surface area (Å²) in [4.78, 5) is 16.1. The lowest BCUT2D eigenvalue weighted by Gasteiger charge is -2.23. The predicted octanol–water partition coefficient (Wildman–Crippen LogP) is 3.11. The van der Waals surface area contributed by atoms with E-state index in [1.165, 1.54) is 5.56 Å². The van der Waals surface area contributed by atoms with E-state index in [1.54, 1.807) is 6.20 Å². The van der Waals surface area contributed by atoms with Crippen LogP contribution in [0.5, 0.6) is 0 Å². The van der Waals surface area contributed by atoms with Crippen molar-refractivity contribution in [3.05, 3.63) is 59.9 Å². The molecule has 0 spiro atoms. The lowest BCUT2D eigenvalue weighted by Crippen LogP contribution is -2.30. The van der Waals surface area contributed by atoms with Crippen molar-refractivity contribution in [1.82, 2.24) is 10.3 Å². The van der Waals surface area contributed by atoms with Crippen LogP contribution in [0.25, 0.3) is 0 Å². The van der Waals surface area contributed by atoms with Gasteiger partial charge in [0.1, 0.15) is 0 Å². The van der Waals surface area contributed by atoms with Crippen LogP contribution in [0.3, 0.4) is 0 Å². The van der Waals surface area contributed by atoms with Crippen molar-refractivity contribution in [3.8, 4) is 0 Å². The van der Waals surface area contributed by atoms with E-state index in [2.05, 4.69) is 42.5 Å². The van der Waals surface area contributed by atoms with Crippen LogP contribution in [-0.2, 0) is 16.8 Å². The molecule has 0 atom stereocenters. The molecule has 0 aliphatic carbocycles. The molecule has 4 heteroatoms. The summed E-state index contributed by atoms with van der Waals surface area (Å²) in [5, 5.41) is 6.09. The number of carbonyl (C=O) groups excluding carboxylic acids is 1. The number of nitrogens with zero attached hydrogens (tertiary/aromatic N) is 1. The zero-order valence-electron chi connectivity index (χ0n) is 13.4. The average Bonchev–Trinajstić information content (AvgIpc) is 2.51. The Bertz CT molecular complexity index is 618. The number of anilines is 1. The molecular formula is C18H23N3O. The Morgan fingerprint density at radius 3 is 2.50 bits per heavy atom. The fourth-order valence-corrected chi connectivity index (χ4v) is 2.22. The van der Waals surface area contributed by atoms with Crippen LogP contribution < -0.4 is 10.6 Å². The van der Waals surface area contributed by atoms with Crippen molar-refractivity contribution in [1.29, 1.82) is 0 Å². The van der Waals surface area contributed by atoms with E-state index in [0.717, 1.165) is 11.4 Å². The summed E-state index contributed by atoms with van der Waals surface area (Å²) < 4.78 is 0. The van der Waals surface area contributed by atoms with Gasteiger partial charge < -0.3 is 10.6 Å². The second kappa shape index (κ2) is 7.07. The Morgan fingerprint density at radius 1 is 1.09 bits per heavy atom. The Balaban J connectivity index is 1.89. The summed E-state index contributed by atoms with van der Waals surface area (Å²) in [6.07, 6.45) is 1.72. The highest BCUT2D eigenvalue weighted by Gasteiger charge is 2.17. The average molecular weight is 297 g/mol. The van der Waals surface area contributed by atoms with Crippen molar-refractivity contribution >= 4 is 11.6 Å². The van der Waals surface area contributed by atoms with Gasteiger partial charge in [0.2, 0.25) is 5.91 Å². The number of benzene rings is 1. The summed E-state index contributed by atoms with van der Waals surface area (Å²) in [5.74, 6) is -0.0469. The Hall–Kier alpha value is -2.36. The molecule has 2 N–H and O–H groups in total. The minimum Gasteiger partial charge on any atom is -0.376 e. The third-order valence-electron chi connectivity index (χ3n) is 3.37. The van der Waals surface area contributed by atoms with Crippen molar-refractivity contribution in [2.75, 3.05) is 11.9 Å². The molecule has 22 heavy (non-hydrogen) atoms. The van der Waals surface area contributed by atoms with Crippen LogP contribution >= 0.6 is 0 Å². The molecule has 2 aromatic rings. The summed E-state index contributed by atoms with van der Waals surface area (Å²) >= 11 is 0. The molecule has 0 fully saturated rings. The minimum absolute atomic E-state index is 0.0357. The number of nitrogens with one attached hydrogen (secondary N) is 2. The maximum Gasteiger partial charge on any atom is 0.239 e. The molecule has 0 bridgehead atoms. The molecule has 1 aromatic carbocycles. The highest BCUT2D eigenvalue weighted by atomic mass is 16.1. The molecule has 0 aliphatic rings. The zero-order valence-corrected chi connectivity index (χ0v) is 13.4. The van der Waals surface area contributed by atoms with Crippen molar-refractivity contribution in [2.45, 2.75) is 32.7 Å². The van der Waals surface area contributed by atoms with Gasteiger partial charge in [-0.05, 0) is 29.2 Å². The number of hydrogen-bond donors (Lipinski definition) is 2. The quantitative estimate of drug-likeness (QED) is 0.891. The maximum atomic E-state index is 11.9. The highest BCUT2D eigenvalue weighted by molar-refractivity contribution is 5.81. The molecule has 2 rings (SSSR count). The number of amides is 1. The number of aromatic nitrogens is 1. The first-order valence-corrected chi connectivity index (χ1v) is 7.47. The Kier molecular flexibility index (Phi) is 5.15. The predicted molar refractivity (Wildman–Crippen MR) is 89.7 cm³/mol. The van der Waals surface area contributed by atoms with Crippen LogP contribution in [0.1, 0.15) is 32.0 Å². The number of rotatable bonds is 5. The van der Waals surface area contributed by atoms with Gasteiger partial charge in [0.05, 0.1) is 18.8 Å². The summed E-state index contributed by atoms with van der Waals surface area (Å²) in [7, 11) is 0. The second-order valence-electron chi connectivity index (χ2n) is 6.25. The van der Waals surface area contributed by atoms with E-state index in [4.69, 9.17) is 0 Å². The smallest absolute Gasteiger partial charge is 0.239 e. The van der Waals surface area contributed by atoms with Crippen molar-refractivity contribution < 1.29 is 4.79 Å². The lowest BCUT2D eigenvalue weighted by molar-refractivity contribution is -0.119. The Labute approximate surface area is 132 Å². The molecular weight excluding hydrogens is 274 g/mol. The number of hydrogen-bond acceptors (Lipinski definition) is 3. The van der Waals surface area contributed by atoms with E-state index in [-0.39, 0.29) is 17.9 Å². The van der Waals surface area contributed by atoms with Gasteiger partial charge in [-0.25, -0.2) is 0 Å². The maximum absolute atomic E-state index is 11.9. The van der Waals surface area contributed by atoms with Gasteiger partial charge in [-0.1, -0.05) is 45.0 Å². The number of para-hydroxylation sites is 1. The zero-order chi connectivity index (χ0) is 16.0. The lowest BCUT2D eigenvalue weighted by atomic mass is 9.86. The van der Waals surface area contributed by atoms with Crippen molar-refractivity contribution in [2.24, 2.45) is 0 Å². The topological polar surface area (TPSA) is 54.0 Å². The first-order valence-electron chi connectivity index (χ1n) is 7.47. The van der Waals surface area contributed by atoms with Gasteiger partial charge in [-0.2, -0.15) is 0 Å². The molecule has 4 nitrogen and oxygen atoms in total. The summed E-state index contributed by atoms with van der Waals surface area (Å²) in [5.41, 5.74) is 3.09. The normalized spacial score (nSPS) is 11.0. The first-order chi connectivity index (χ1) is 10.5. The largest absolute Gasteiger partial charge is 0.376 e. The number of carbonyl (C=O) groups is 1. The van der Waals surface area contributed by atoms with Gasteiger partial charge in [0.25, 0.3) is 0 Å². The van der Waals surface area contributed by atoms with E-state index in [1.807, 2.05) is 36.4 Å². The van der Waals surface area contributed by atoms with Crippen LogP contribution in [0.2, 0.25) is 0 Å². The molecule has 0 saturated carbocycles. The molecule has 116 valence electrons. The fourth-order valence-electron chi connectivity index (χ4n) is 2.22. The van der Waals surface area contributed by atoms with E-state index >= 15 is 0 Å². The summed E-state index contributed by atoms with van der Waals surface area (Å²) in [6.45, 7) is 7.18. The Morgan fingerprint density at radius 2 is 1.82 bits per heavy atom. The van der Waals surface area contributed by atoms with E-state index in [9.17, 15) is 4.79 Å². The molecule has 1 heterocycles. The van der Waals surface area contributed by atoms with E-state index < -0.39 is 0 Å². The SMILES string of the molecule is CC(C)(C)c1ccccc1NCC(=O)NCc1ccccn1. The van der Waals surface area contributed by atoms with Crippen molar-refractivity contribution in [3.63, 3.8) is 0 Å². The van der Waals surface area contributed by atoms with Crippen LogP contribution in [0.4, 0.5) is 5.69 Å². The molecule has 0 aliphatic heterocycles. The van der Waals surface area contributed by atoms with Crippen LogP contribution in [0, 0.1) is 0 Å². The molecule has 1 aromatic heterocycles. The highest BCUT2D eigenvalue weighted by Crippen LogP contribution is 2.28. The molecule has 0 saturated heterocycles. The van der Waals surface area contributed by atoms with E-state index in [0.29, 0.717) is 6.54 Å². The molecule has 0 radical (unpaired) electrons. The molecule has 0 unspecified atom stereocenters. The van der Waals surface area contributed by atoms with Crippen LogP contribution in [0.15, 0.2) is 48.7 Å².